The van der Waals surface area contributed by atoms with E-state index >= 15 is 0 Å². The molecule has 0 spiro atoms. The van der Waals surface area contributed by atoms with Gasteiger partial charge in [-0.1, -0.05) is 11.6 Å². The first-order valence-corrected chi connectivity index (χ1v) is 6.47. The summed E-state index contributed by atoms with van der Waals surface area (Å²) >= 11 is 5.91. The SMILES string of the molecule is Cc1ccc(C(=O)NCc2cn3cc(Cl)ccc3n2)o1. The average molecular weight is 290 g/mol. The molecule has 0 saturated carbocycles. The largest absolute Gasteiger partial charge is 0.456 e. The second-order valence-electron chi connectivity index (χ2n) is 4.44. The van der Waals surface area contributed by atoms with Crippen molar-refractivity contribution in [1.82, 2.24) is 14.7 Å². The van der Waals surface area contributed by atoms with Gasteiger partial charge in [-0.05, 0) is 31.2 Å². The first-order chi connectivity index (χ1) is 9.61. The number of hydrogen-bond acceptors (Lipinski definition) is 3. The quantitative estimate of drug-likeness (QED) is 0.806. The molecule has 0 unspecified atom stereocenters. The summed E-state index contributed by atoms with van der Waals surface area (Å²) < 4.78 is 7.07. The van der Waals surface area contributed by atoms with E-state index in [0.29, 0.717) is 23.1 Å². The van der Waals surface area contributed by atoms with Crippen LogP contribution in [-0.2, 0) is 6.54 Å². The van der Waals surface area contributed by atoms with E-state index in [1.165, 1.54) is 0 Å². The number of nitrogens with zero attached hydrogens (tertiary/aromatic N) is 2. The van der Waals surface area contributed by atoms with E-state index < -0.39 is 0 Å². The summed E-state index contributed by atoms with van der Waals surface area (Å²) in [4.78, 5) is 16.2. The van der Waals surface area contributed by atoms with Gasteiger partial charge in [0.05, 0.1) is 17.3 Å². The molecule has 5 nitrogen and oxygen atoms in total. The highest BCUT2D eigenvalue weighted by atomic mass is 35.5. The molecule has 3 rings (SSSR count). The summed E-state index contributed by atoms with van der Waals surface area (Å²) in [7, 11) is 0. The van der Waals surface area contributed by atoms with Gasteiger partial charge in [0.25, 0.3) is 5.91 Å². The fourth-order valence-corrected chi connectivity index (χ4v) is 2.09. The molecule has 102 valence electrons. The van der Waals surface area contributed by atoms with Crippen molar-refractivity contribution < 1.29 is 9.21 Å². The molecule has 0 bridgehead atoms. The van der Waals surface area contributed by atoms with Crippen LogP contribution in [0, 0.1) is 6.92 Å². The number of amides is 1. The summed E-state index contributed by atoms with van der Waals surface area (Å²) in [6, 6.07) is 7.00. The van der Waals surface area contributed by atoms with Crippen molar-refractivity contribution in [3.63, 3.8) is 0 Å². The van der Waals surface area contributed by atoms with Crippen LogP contribution in [-0.4, -0.2) is 15.3 Å². The maximum atomic E-state index is 11.8. The fourth-order valence-electron chi connectivity index (χ4n) is 1.92. The maximum absolute atomic E-state index is 11.8. The molecule has 0 aliphatic heterocycles. The van der Waals surface area contributed by atoms with Gasteiger partial charge >= 0.3 is 0 Å². The number of rotatable bonds is 3. The molecule has 0 aliphatic rings. The second-order valence-corrected chi connectivity index (χ2v) is 4.87. The number of aromatic nitrogens is 2. The van der Waals surface area contributed by atoms with Crippen molar-refractivity contribution in [2.75, 3.05) is 0 Å². The minimum Gasteiger partial charge on any atom is -0.456 e. The van der Waals surface area contributed by atoms with Crippen LogP contribution in [0.15, 0.2) is 41.1 Å². The summed E-state index contributed by atoms with van der Waals surface area (Å²) in [6.45, 7) is 2.13. The van der Waals surface area contributed by atoms with Gasteiger partial charge < -0.3 is 14.1 Å². The van der Waals surface area contributed by atoms with E-state index in [1.54, 1.807) is 31.3 Å². The van der Waals surface area contributed by atoms with Crippen molar-refractivity contribution in [3.8, 4) is 0 Å². The first kappa shape index (κ1) is 12.7. The Morgan fingerprint density at radius 1 is 1.35 bits per heavy atom. The highest BCUT2D eigenvalue weighted by Gasteiger charge is 2.10. The number of halogens is 1. The zero-order valence-electron chi connectivity index (χ0n) is 10.8. The smallest absolute Gasteiger partial charge is 0.287 e. The number of aryl methyl sites for hydroxylation is 1. The number of fused-ring (bicyclic) bond motifs is 1. The molecule has 3 heterocycles. The summed E-state index contributed by atoms with van der Waals surface area (Å²) in [5.41, 5.74) is 1.54. The van der Waals surface area contributed by atoms with Crippen LogP contribution in [0.4, 0.5) is 0 Å². The second kappa shape index (κ2) is 5.02. The molecule has 20 heavy (non-hydrogen) atoms. The highest BCUT2D eigenvalue weighted by Crippen LogP contribution is 2.12. The van der Waals surface area contributed by atoms with Gasteiger partial charge in [0.1, 0.15) is 11.4 Å². The van der Waals surface area contributed by atoms with E-state index in [4.69, 9.17) is 16.0 Å². The highest BCUT2D eigenvalue weighted by molar-refractivity contribution is 6.30. The van der Waals surface area contributed by atoms with Crippen LogP contribution in [0.3, 0.4) is 0 Å². The van der Waals surface area contributed by atoms with Gasteiger partial charge in [-0.25, -0.2) is 4.98 Å². The molecular formula is C14H12ClN3O2. The topological polar surface area (TPSA) is 59.5 Å². The minimum atomic E-state index is -0.256. The zero-order chi connectivity index (χ0) is 14.1. The molecule has 0 saturated heterocycles. The third-order valence-electron chi connectivity index (χ3n) is 2.86. The Morgan fingerprint density at radius 2 is 2.20 bits per heavy atom. The van der Waals surface area contributed by atoms with Crippen LogP contribution < -0.4 is 5.32 Å². The van der Waals surface area contributed by atoms with Crippen molar-refractivity contribution in [1.29, 1.82) is 0 Å². The van der Waals surface area contributed by atoms with Gasteiger partial charge in [0, 0.05) is 12.4 Å². The average Bonchev–Trinajstić information content (AvgIpc) is 3.01. The van der Waals surface area contributed by atoms with Crippen LogP contribution in [0.25, 0.3) is 5.65 Å². The van der Waals surface area contributed by atoms with Crippen LogP contribution >= 0.6 is 11.6 Å². The number of hydrogen-bond donors (Lipinski definition) is 1. The van der Waals surface area contributed by atoms with Gasteiger partial charge in [-0.3, -0.25) is 4.79 Å². The summed E-state index contributed by atoms with van der Waals surface area (Å²) in [6.07, 6.45) is 3.60. The van der Waals surface area contributed by atoms with Crippen molar-refractivity contribution >= 4 is 23.2 Å². The molecule has 3 aromatic heterocycles. The molecule has 6 heteroatoms. The molecule has 0 atom stereocenters. The number of imidazole rings is 1. The van der Waals surface area contributed by atoms with Gasteiger partial charge in [0.2, 0.25) is 0 Å². The number of carbonyl (C=O) groups is 1. The molecule has 3 aromatic rings. The van der Waals surface area contributed by atoms with Gasteiger partial charge in [-0.15, -0.1) is 0 Å². The Balaban J connectivity index is 1.72. The molecule has 0 fully saturated rings. The fraction of sp³-hybridized carbons (Fsp3) is 0.143. The van der Waals surface area contributed by atoms with Gasteiger partial charge in [0.15, 0.2) is 5.76 Å². The number of nitrogens with one attached hydrogen (secondary N) is 1. The third kappa shape index (κ3) is 2.53. The Morgan fingerprint density at radius 3 is 2.95 bits per heavy atom. The monoisotopic (exact) mass is 289 g/mol. The first-order valence-electron chi connectivity index (χ1n) is 6.09. The summed E-state index contributed by atoms with van der Waals surface area (Å²) in [5, 5.41) is 3.40. The third-order valence-corrected chi connectivity index (χ3v) is 3.08. The number of furan rings is 1. The summed E-state index contributed by atoms with van der Waals surface area (Å²) in [5.74, 6) is 0.750. The lowest BCUT2D eigenvalue weighted by Crippen LogP contribution is -2.22. The van der Waals surface area contributed by atoms with E-state index in [9.17, 15) is 4.79 Å². The Kier molecular flexibility index (Phi) is 3.20. The van der Waals surface area contributed by atoms with Crippen LogP contribution in [0.5, 0.6) is 0 Å². The Hall–Kier alpha value is -2.27. The molecule has 0 aliphatic carbocycles. The van der Waals surface area contributed by atoms with Crippen molar-refractivity contribution in [3.05, 3.63) is 58.9 Å². The van der Waals surface area contributed by atoms with Gasteiger partial charge in [-0.2, -0.15) is 0 Å². The molecule has 1 amide bonds. The van der Waals surface area contributed by atoms with Crippen LogP contribution in [0.2, 0.25) is 5.02 Å². The van der Waals surface area contributed by atoms with E-state index in [1.807, 2.05) is 16.7 Å². The molecule has 0 radical (unpaired) electrons. The van der Waals surface area contributed by atoms with Crippen molar-refractivity contribution in [2.24, 2.45) is 0 Å². The van der Waals surface area contributed by atoms with E-state index in [-0.39, 0.29) is 5.91 Å². The molecular weight excluding hydrogens is 278 g/mol. The number of pyridine rings is 1. The number of carbonyl (C=O) groups excluding carboxylic acids is 1. The predicted octanol–water partition coefficient (Wildman–Crippen LogP) is 2.82. The Bertz CT molecular complexity index is 776. The molecule has 1 N–H and O–H groups in total. The Labute approximate surface area is 120 Å². The maximum Gasteiger partial charge on any atom is 0.287 e. The van der Waals surface area contributed by atoms with Crippen LogP contribution in [0.1, 0.15) is 22.0 Å². The lowest BCUT2D eigenvalue weighted by molar-refractivity contribution is 0.0921. The predicted molar refractivity (Wildman–Crippen MR) is 74.8 cm³/mol. The zero-order valence-corrected chi connectivity index (χ0v) is 11.5. The lowest BCUT2D eigenvalue weighted by Gasteiger charge is -1.99. The van der Waals surface area contributed by atoms with E-state index in [2.05, 4.69) is 10.3 Å². The normalized spacial score (nSPS) is 10.9. The van der Waals surface area contributed by atoms with Crippen molar-refractivity contribution in [2.45, 2.75) is 13.5 Å². The minimum absolute atomic E-state index is 0.256. The van der Waals surface area contributed by atoms with E-state index in [0.717, 1.165) is 11.3 Å². The standard InChI is InChI=1S/C14H12ClN3O2/c1-9-2-4-12(20-9)14(19)16-6-11-8-18-7-10(15)3-5-13(18)17-11/h2-5,7-8H,6H2,1H3,(H,16,19). The molecule has 0 aromatic carbocycles. The lowest BCUT2D eigenvalue weighted by atomic mass is 10.4.